The number of halogens is 2. The van der Waals surface area contributed by atoms with Crippen LogP contribution in [0.1, 0.15) is 22.2 Å². The second-order valence-electron chi connectivity index (χ2n) is 8.21. The van der Waals surface area contributed by atoms with Crippen LogP contribution in [0.25, 0.3) is 5.69 Å². The molecule has 0 radical (unpaired) electrons. The van der Waals surface area contributed by atoms with Gasteiger partial charge in [-0.25, -0.2) is 4.39 Å². The average molecular weight is 574 g/mol. The molecule has 1 atom stereocenters. The summed E-state index contributed by atoms with van der Waals surface area (Å²) in [5.41, 5.74) is 1.72. The maximum Gasteiger partial charge on any atom is 0.269 e. The summed E-state index contributed by atoms with van der Waals surface area (Å²) in [4.78, 5) is 21.5. The number of ether oxygens (including phenoxy) is 2. The summed E-state index contributed by atoms with van der Waals surface area (Å²) in [6.45, 7) is 1.32. The Kier molecular flexibility index (Phi) is 8.62. The van der Waals surface area contributed by atoms with Crippen LogP contribution in [0.2, 0.25) is 5.02 Å². The lowest BCUT2D eigenvalue weighted by molar-refractivity contribution is -0.479. The van der Waals surface area contributed by atoms with Crippen LogP contribution in [0.4, 0.5) is 10.1 Å². The van der Waals surface area contributed by atoms with Crippen molar-refractivity contribution in [1.29, 1.82) is 0 Å². The zero-order valence-electron chi connectivity index (χ0n) is 20.6. The largest absolute Gasteiger partial charge is 0.493 e. The Balaban J connectivity index is 1.62. The molecule has 0 amide bonds. The van der Waals surface area contributed by atoms with Gasteiger partial charge in [-0.05, 0) is 66.6 Å². The molecular formula is C25H21ClFN5O6S. The molecule has 0 fully saturated rings. The number of methoxy groups -OCH3 is 1. The van der Waals surface area contributed by atoms with Gasteiger partial charge in [-0.15, -0.1) is 10.2 Å². The van der Waals surface area contributed by atoms with Gasteiger partial charge in [0.25, 0.3) is 5.69 Å². The van der Waals surface area contributed by atoms with Crippen molar-refractivity contribution in [3.05, 3.63) is 109 Å². The second-order valence-corrected chi connectivity index (χ2v) is 9.79. The lowest BCUT2D eigenvalue weighted by Crippen LogP contribution is -2.12. The van der Waals surface area contributed by atoms with Gasteiger partial charge in [-0.1, -0.05) is 23.4 Å². The minimum atomic E-state index is -0.738. The highest BCUT2D eigenvalue weighted by Crippen LogP contribution is 2.43. The smallest absolute Gasteiger partial charge is 0.269 e. The first-order chi connectivity index (χ1) is 18.7. The predicted molar refractivity (Wildman–Crippen MR) is 142 cm³/mol. The van der Waals surface area contributed by atoms with Crippen LogP contribution < -0.4 is 9.47 Å². The average Bonchev–Trinajstić information content (AvgIpc) is 3.27. The minimum absolute atomic E-state index is 0.0431. The van der Waals surface area contributed by atoms with Crippen molar-refractivity contribution in [3.8, 4) is 17.2 Å². The number of aryl methyl sites for hydroxylation is 1. The number of hydrogen-bond donors (Lipinski definition) is 0. The first-order valence-corrected chi connectivity index (χ1v) is 12.6. The van der Waals surface area contributed by atoms with Crippen molar-refractivity contribution >= 4 is 29.1 Å². The summed E-state index contributed by atoms with van der Waals surface area (Å²) >= 11 is 7.64. The maximum absolute atomic E-state index is 13.5. The molecule has 14 heteroatoms. The third-order valence-corrected chi connectivity index (χ3v) is 7.06. The fourth-order valence-corrected chi connectivity index (χ4v) is 5.14. The molecule has 1 heterocycles. The van der Waals surface area contributed by atoms with Crippen LogP contribution in [0.15, 0.2) is 65.8 Å². The topological polar surface area (TPSA) is 135 Å². The van der Waals surface area contributed by atoms with Crippen LogP contribution in [-0.4, -0.2) is 38.3 Å². The van der Waals surface area contributed by atoms with Gasteiger partial charge in [0.2, 0.25) is 6.54 Å². The van der Waals surface area contributed by atoms with E-state index in [0.29, 0.717) is 27.8 Å². The van der Waals surface area contributed by atoms with Crippen molar-refractivity contribution < 1.29 is 23.7 Å². The fourth-order valence-electron chi connectivity index (χ4n) is 3.72. The highest BCUT2D eigenvalue weighted by atomic mass is 35.5. The molecule has 0 unspecified atom stereocenters. The van der Waals surface area contributed by atoms with Crippen molar-refractivity contribution in [2.45, 2.75) is 23.9 Å². The zero-order chi connectivity index (χ0) is 28.1. The Morgan fingerprint density at radius 1 is 1.08 bits per heavy atom. The Bertz CT molecular complexity index is 1500. The molecule has 0 aliphatic rings. The molecule has 3 aromatic carbocycles. The van der Waals surface area contributed by atoms with Crippen LogP contribution in [-0.2, 0) is 6.61 Å². The molecule has 0 saturated carbocycles. The number of aromatic nitrogens is 3. The number of nitro groups is 2. The van der Waals surface area contributed by atoms with E-state index >= 15 is 0 Å². The molecule has 0 saturated heterocycles. The van der Waals surface area contributed by atoms with E-state index in [9.17, 15) is 24.6 Å². The number of thioether (sulfide) groups is 1. The lowest BCUT2D eigenvalue weighted by Gasteiger charge is -2.18. The number of non-ortho nitro benzene ring substituents is 1. The first-order valence-electron chi connectivity index (χ1n) is 11.4. The van der Waals surface area contributed by atoms with Crippen LogP contribution in [0.3, 0.4) is 0 Å². The number of hydrogen-bond acceptors (Lipinski definition) is 9. The highest BCUT2D eigenvalue weighted by Gasteiger charge is 2.26. The van der Waals surface area contributed by atoms with E-state index in [1.165, 1.54) is 31.4 Å². The second kappa shape index (κ2) is 12.1. The van der Waals surface area contributed by atoms with E-state index in [2.05, 4.69) is 10.2 Å². The summed E-state index contributed by atoms with van der Waals surface area (Å²) < 4.78 is 26.5. The molecular weight excluding hydrogens is 553 g/mol. The standard InChI is InChI=1S/C25H21ClFN5O6S/c1-15-28-29-25(31(15)19-9-5-18(27)6-10-19)39-23(13-30(33)34)17-11-21(26)24(22(12-17)37-2)38-14-16-3-7-20(8-4-16)32(35)36/h3-12,23H,13-14H2,1-2H3/t23-/m1/s1. The van der Waals surface area contributed by atoms with Crippen LogP contribution in [0, 0.1) is 33.0 Å². The van der Waals surface area contributed by atoms with Crippen molar-refractivity contribution in [2.75, 3.05) is 13.7 Å². The van der Waals surface area contributed by atoms with Gasteiger partial charge < -0.3 is 9.47 Å². The molecule has 0 bridgehead atoms. The molecule has 4 aromatic rings. The molecule has 0 N–H and O–H groups in total. The molecule has 1 aromatic heterocycles. The molecule has 4 rings (SSSR count). The van der Waals surface area contributed by atoms with Gasteiger partial charge in [0.1, 0.15) is 23.5 Å². The van der Waals surface area contributed by atoms with Crippen molar-refractivity contribution in [2.24, 2.45) is 0 Å². The van der Waals surface area contributed by atoms with Gasteiger partial charge in [-0.3, -0.25) is 24.8 Å². The maximum atomic E-state index is 13.5. The SMILES string of the molecule is COc1cc([C@@H](C[N+](=O)[O-])Sc2nnc(C)n2-c2ccc(F)cc2)cc(Cl)c1OCc1ccc([N+](=O)[O-])cc1. The Morgan fingerprint density at radius 2 is 1.77 bits per heavy atom. The van der Waals surface area contributed by atoms with E-state index in [-0.39, 0.29) is 28.8 Å². The summed E-state index contributed by atoms with van der Waals surface area (Å²) in [6.07, 6.45) is 0. The Labute approximate surface area is 230 Å². The van der Waals surface area contributed by atoms with E-state index in [0.717, 1.165) is 11.8 Å². The zero-order valence-corrected chi connectivity index (χ0v) is 22.2. The molecule has 0 aliphatic carbocycles. The van der Waals surface area contributed by atoms with E-state index < -0.39 is 27.5 Å². The fraction of sp³-hybridized carbons (Fsp3) is 0.200. The highest BCUT2D eigenvalue weighted by molar-refractivity contribution is 7.99. The quantitative estimate of drug-likeness (QED) is 0.121. The Hall–Kier alpha value is -4.23. The molecule has 39 heavy (non-hydrogen) atoms. The molecule has 0 aliphatic heterocycles. The molecule has 0 spiro atoms. The number of nitro benzene ring substituents is 1. The summed E-state index contributed by atoms with van der Waals surface area (Å²) in [7, 11) is 1.42. The number of rotatable bonds is 11. The Morgan fingerprint density at radius 3 is 2.38 bits per heavy atom. The van der Waals surface area contributed by atoms with Crippen molar-refractivity contribution in [3.63, 3.8) is 0 Å². The van der Waals surface area contributed by atoms with Gasteiger partial charge in [0.15, 0.2) is 16.7 Å². The van der Waals surface area contributed by atoms with Crippen LogP contribution in [0.5, 0.6) is 11.5 Å². The number of nitrogens with zero attached hydrogens (tertiary/aromatic N) is 5. The van der Waals surface area contributed by atoms with Gasteiger partial charge in [-0.2, -0.15) is 0 Å². The monoisotopic (exact) mass is 573 g/mol. The summed E-state index contributed by atoms with van der Waals surface area (Å²) in [5, 5.41) is 30.5. The lowest BCUT2D eigenvalue weighted by atomic mass is 10.1. The van der Waals surface area contributed by atoms with E-state index in [1.807, 2.05) is 0 Å². The van der Waals surface area contributed by atoms with Crippen LogP contribution >= 0.6 is 23.4 Å². The van der Waals surface area contributed by atoms with Gasteiger partial charge in [0.05, 0.1) is 17.1 Å². The normalized spacial score (nSPS) is 11.7. The van der Waals surface area contributed by atoms with E-state index in [1.54, 1.807) is 47.9 Å². The number of benzene rings is 3. The molecule has 11 nitrogen and oxygen atoms in total. The minimum Gasteiger partial charge on any atom is -0.493 e. The predicted octanol–water partition coefficient (Wildman–Crippen LogP) is 5.97. The third kappa shape index (κ3) is 6.62. The summed E-state index contributed by atoms with van der Waals surface area (Å²) in [6, 6.07) is 14.8. The summed E-state index contributed by atoms with van der Waals surface area (Å²) in [5.74, 6) is 0.595. The molecule has 202 valence electrons. The van der Waals surface area contributed by atoms with Crippen molar-refractivity contribution in [1.82, 2.24) is 14.8 Å². The first kappa shape index (κ1) is 27.8. The van der Waals surface area contributed by atoms with Gasteiger partial charge >= 0.3 is 0 Å². The third-order valence-electron chi connectivity index (χ3n) is 5.60. The van der Waals surface area contributed by atoms with E-state index in [4.69, 9.17) is 21.1 Å². The van der Waals surface area contributed by atoms with Gasteiger partial charge in [0, 0.05) is 22.7 Å².